The Morgan fingerprint density at radius 2 is 1.79 bits per heavy atom. The van der Waals surface area contributed by atoms with Gasteiger partial charge in [-0.15, -0.1) is 10.2 Å². The Bertz CT molecular complexity index is 833. The number of aromatic nitrogens is 2. The summed E-state index contributed by atoms with van der Waals surface area (Å²) in [4.78, 5) is 2.04. The van der Waals surface area contributed by atoms with E-state index in [0.717, 1.165) is 44.2 Å². The van der Waals surface area contributed by atoms with Gasteiger partial charge in [0.1, 0.15) is 5.82 Å². The summed E-state index contributed by atoms with van der Waals surface area (Å²) in [6.45, 7) is 2.31. The van der Waals surface area contributed by atoms with Gasteiger partial charge in [-0.1, -0.05) is 12.5 Å². The van der Waals surface area contributed by atoms with E-state index in [1.54, 1.807) is 0 Å². The molecule has 158 valence electrons. The SMILES string of the molecule is Fc1ccc(CN2CCCCC2c2nnc(C3CCOCC3)o2)cc1C(F)(F)F. The van der Waals surface area contributed by atoms with Gasteiger partial charge in [0.25, 0.3) is 0 Å². The first-order valence-corrected chi connectivity index (χ1v) is 9.92. The van der Waals surface area contributed by atoms with Gasteiger partial charge in [0, 0.05) is 25.7 Å². The van der Waals surface area contributed by atoms with E-state index in [0.29, 0.717) is 37.1 Å². The molecule has 5 nitrogen and oxygen atoms in total. The molecule has 1 unspecified atom stereocenters. The zero-order valence-corrected chi connectivity index (χ0v) is 15.9. The molecule has 1 atom stereocenters. The van der Waals surface area contributed by atoms with Crippen molar-refractivity contribution in [1.82, 2.24) is 15.1 Å². The van der Waals surface area contributed by atoms with Gasteiger partial charge in [-0.2, -0.15) is 13.2 Å². The van der Waals surface area contributed by atoms with E-state index in [-0.39, 0.29) is 18.5 Å². The average molecular weight is 413 g/mol. The van der Waals surface area contributed by atoms with Crippen LogP contribution in [0.25, 0.3) is 0 Å². The number of likely N-dealkylation sites (tertiary alicyclic amines) is 1. The number of nitrogens with zero attached hydrogens (tertiary/aromatic N) is 3. The van der Waals surface area contributed by atoms with Crippen molar-refractivity contribution < 1.29 is 26.7 Å². The molecule has 29 heavy (non-hydrogen) atoms. The van der Waals surface area contributed by atoms with E-state index in [2.05, 4.69) is 10.2 Å². The molecule has 0 amide bonds. The molecule has 0 radical (unpaired) electrons. The van der Waals surface area contributed by atoms with Gasteiger partial charge in [-0.3, -0.25) is 4.90 Å². The van der Waals surface area contributed by atoms with Crippen LogP contribution in [0.2, 0.25) is 0 Å². The van der Waals surface area contributed by atoms with Crippen LogP contribution in [0, 0.1) is 5.82 Å². The summed E-state index contributed by atoms with van der Waals surface area (Å²) in [5.74, 6) is 0.0437. The third kappa shape index (κ3) is 4.61. The molecule has 0 spiro atoms. The van der Waals surface area contributed by atoms with E-state index in [1.807, 2.05) is 4.90 Å². The van der Waals surface area contributed by atoms with Gasteiger partial charge in [0.15, 0.2) is 0 Å². The lowest BCUT2D eigenvalue weighted by Crippen LogP contribution is -2.33. The van der Waals surface area contributed by atoms with Crippen molar-refractivity contribution in [3.05, 3.63) is 46.9 Å². The van der Waals surface area contributed by atoms with E-state index in [9.17, 15) is 17.6 Å². The molecule has 2 aliphatic rings. The summed E-state index contributed by atoms with van der Waals surface area (Å²) < 4.78 is 64.0. The van der Waals surface area contributed by atoms with Gasteiger partial charge in [-0.25, -0.2) is 4.39 Å². The molecule has 1 aromatic carbocycles. The van der Waals surface area contributed by atoms with Crippen LogP contribution in [0.15, 0.2) is 22.6 Å². The first-order chi connectivity index (χ1) is 13.9. The number of ether oxygens (including phenoxy) is 1. The van der Waals surface area contributed by atoms with Crippen LogP contribution in [0.4, 0.5) is 17.6 Å². The van der Waals surface area contributed by atoms with Gasteiger partial charge >= 0.3 is 6.18 Å². The lowest BCUT2D eigenvalue weighted by molar-refractivity contribution is -0.140. The Kier molecular flexibility index (Phi) is 5.87. The summed E-state index contributed by atoms with van der Waals surface area (Å²) in [6, 6.07) is 3.02. The van der Waals surface area contributed by atoms with E-state index >= 15 is 0 Å². The maximum absolute atomic E-state index is 13.6. The summed E-state index contributed by atoms with van der Waals surface area (Å²) in [6.07, 6.45) is -0.328. The van der Waals surface area contributed by atoms with E-state index in [1.165, 1.54) is 6.07 Å². The Balaban J connectivity index is 1.52. The highest BCUT2D eigenvalue weighted by atomic mass is 19.4. The summed E-state index contributed by atoms with van der Waals surface area (Å²) in [5, 5.41) is 8.46. The molecule has 2 saturated heterocycles. The standard InChI is InChI=1S/C20H23F4N3O2/c21-16-5-4-13(11-15(16)20(22,23)24)12-27-8-2-1-3-17(27)19-26-25-18(29-19)14-6-9-28-10-7-14/h4-5,11,14,17H,1-3,6-10,12H2. The fraction of sp³-hybridized carbons (Fsp3) is 0.600. The molecule has 0 aliphatic carbocycles. The number of hydrogen-bond acceptors (Lipinski definition) is 5. The lowest BCUT2D eigenvalue weighted by Gasteiger charge is -2.33. The monoisotopic (exact) mass is 413 g/mol. The molecule has 2 aromatic rings. The van der Waals surface area contributed by atoms with Crippen molar-refractivity contribution in [1.29, 1.82) is 0 Å². The van der Waals surface area contributed by atoms with Crippen LogP contribution < -0.4 is 0 Å². The molecule has 9 heteroatoms. The van der Waals surface area contributed by atoms with Crippen molar-refractivity contribution in [3.8, 4) is 0 Å². The molecular formula is C20H23F4N3O2. The predicted molar refractivity (Wildman–Crippen MR) is 95.5 cm³/mol. The summed E-state index contributed by atoms with van der Waals surface area (Å²) in [5.41, 5.74) is -0.821. The molecule has 2 fully saturated rings. The number of rotatable bonds is 4. The first-order valence-electron chi connectivity index (χ1n) is 9.92. The maximum atomic E-state index is 13.6. The minimum atomic E-state index is -4.72. The topological polar surface area (TPSA) is 51.4 Å². The van der Waals surface area contributed by atoms with Crippen molar-refractivity contribution in [2.24, 2.45) is 0 Å². The van der Waals surface area contributed by atoms with Crippen molar-refractivity contribution in [2.45, 2.75) is 56.8 Å². The molecule has 1 aromatic heterocycles. The molecule has 4 rings (SSSR count). The van der Waals surface area contributed by atoms with Gasteiger partial charge in [-0.05, 0) is 49.9 Å². The fourth-order valence-electron chi connectivity index (χ4n) is 4.07. The largest absolute Gasteiger partial charge is 0.423 e. The quantitative estimate of drug-likeness (QED) is 0.671. The molecular weight excluding hydrogens is 390 g/mol. The second-order valence-corrected chi connectivity index (χ2v) is 7.66. The predicted octanol–water partition coefficient (Wildman–Crippen LogP) is 4.85. The maximum Gasteiger partial charge on any atom is 0.419 e. The Morgan fingerprint density at radius 1 is 1.03 bits per heavy atom. The number of benzene rings is 1. The average Bonchev–Trinajstić information content (AvgIpc) is 3.20. The van der Waals surface area contributed by atoms with Crippen molar-refractivity contribution in [2.75, 3.05) is 19.8 Å². The van der Waals surface area contributed by atoms with Crippen molar-refractivity contribution in [3.63, 3.8) is 0 Å². The number of piperidine rings is 1. The normalized spacial score (nSPS) is 22.1. The second kappa shape index (κ2) is 8.39. The third-order valence-electron chi connectivity index (χ3n) is 5.65. The van der Waals surface area contributed by atoms with Crippen LogP contribution in [0.3, 0.4) is 0 Å². The first kappa shape index (κ1) is 20.3. The fourth-order valence-corrected chi connectivity index (χ4v) is 4.07. The second-order valence-electron chi connectivity index (χ2n) is 7.66. The number of alkyl halides is 3. The molecule has 0 bridgehead atoms. The van der Waals surface area contributed by atoms with Crippen LogP contribution in [0.5, 0.6) is 0 Å². The Morgan fingerprint density at radius 3 is 2.55 bits per heavy atom. The highest BCUT2D eigenvalue weighted by molar-refractivity contribution is 5.27. The molecule has 2 aliphatic heterocycles. The van der Waals surface area contributed by atoms with E-state index in [4.69, 9.17) is 9.15 Å². The molecule has 0 N–H and O–H groups in total. The van der Waals surface area contributed by atoms with Gasteiger partial charge < -0.3 is 9.15 Å². The zero-order valence-electron chi connectivity index (χ0n) is 15.9. The van der Waals surface area contributed by atoms with Gasteiger partial charge in [0.2, 0.25) is 11.8 Å². The van der Waals surface area contributed by atoms with Crippen LogP contribution in [-0.2, 0) is 17.5 Å². The van der Waals surface area contributed by atoms with E-state index < -0.39 is 17.6 Å². The number of halogens is 4. The minimum absolute atomic E-state index is 0.149. The Labute approximate surface area is 166 Å². The van der Waals surface area contributed by atoms with Crippen LogP contribution in [-0.4, -0.2) is 34.9 Å². The molecule has 3 heterocycles. The zero-order chi connectivity index (χ0) is 20.4. The van der Waals surface area contributed by atoms with Gasteiger partial charge in [0.05, 0.1) is 11.6 Å². The third-order valence-corrected chi connectivity index (χ3v) is 5.65. The molecule has 0 saturated carbocycles. The Hall–Kier alpha value is -2.00. The smallest absolute Gasteiger partial charge is 0.419 e. The highest BCUT2D eigenvalue weighted by Crippen LogP contribution is 2.35. The van der Waals surface area contributed by atoms with Crippen LogP contribution >= 0.6 is 0 Å². The lowest BCUT2D eigenvalue weighted by atomic mass is 10.00. The summed E-state index contributed by atoms with van der Waals surface area (Å²) in [7, 11) is 0. The van der Waals surface area contributed by atoms with Crippen molar-refractivity contribution >= 4 is 0 Å². The highest BCUT2D eigenvalue weighted by Gasteiger charge is 2.35. The number of hydrogen-bond donors (Lipinski definition) is 0. The van der Waals surface area contributed by atoms with Crippen LogP contribution in [0.1, 0.15) is 67.0 Å². The minimum Gasteiger partial charge on any atom is -0.423 e. The summed E-state index contributed by atoms with van der Waals surface area (Å²) >= 11 is 0.